The molecule has 0 aliphatic carbocycles. The molecule has 11 N–H and O–H groups in total. The van der Waals surface area contributed by atoms with Crippen LogP contribution in [0.25, 0.3) is 11.1 Å². The lowest BCUT2D eigenvalue weighted by molar-refractivity contribution is -0.145. The van der Waals surface area contributed by atoms with Crippen molar-refractivity contribution in [2.75, 3.05) is 46.0 Å². The fourth-order valence-corrected chi connectivity index (χ4v) is 6.06. The summed E-state index contributed by atoms with van der Waals surface area (Å²) >= 11 is 0. The lowest BCUT2D eigenvalue weighted by Crippen LogP contribution is -2.53. The predicted molar refractivity (Wildman–Crippen MR) is 212 cm³/mol. The second-order valence-electron chi connectivity index (χ2n) is 14.3. The molecule has 0 bridgehead atoms. The molecule has 16 heteroatoms. The summed E-state index contributed by atoms with van der Waals surface area (Å²) in [5.41, 5.74) is 5.31. The molecule has 0 fully saturated rings. The normalized spacial score (nSPS) is 15.8. The average molecular weight is 817 g/mol. The van der Waals surface area contributed by atoms with E-state index in [2.05, 4.69) is 29.6 Å². The molecule has 0 radical (unpaired) electrons. The van der Waals surface area contributed by atoms with Gasteiger partial charge in [-0.25, -0.2) is 4.79 Å². The summed E-state index contributed by atoms with van der Waals surface area (Å²) in [5.74, 6) is -0.615. The molecule has 3 aromatic carbocycles. The van der Waals surface area contributed by atoms with E-state index in [1.807, 2.05) is 54.6 Å². The molecule has 58 heavy (non-hydrogen) atoms. The predicted octanol–water partition coefficient (Wildman–Crippen LogP) is -0.358. The van der Waals surface area contributed by atoms with E-state index >= 15 is 0 Å². The van der Waals surface area contributed by atoms with Crippen molar-refractivity contribution in [1.82, 2.24) is 10.2 Å². The third-order valence-electron chi connectivity index (χ3n) is 9.66. The molecule has 0 saturated carbocycles. The van der Waals surface area contributed by atoms with Gasteiger partial charge >= 0.3 is 12.1 Å². The summed E-state index contributed by atoms with van der Waals surface area (Å²) in [6, 6.07) is 25.9. The molecule has 8 atom stereocenters. The average Bonchev–Trinajstić information content (AvgIpc) is 3.25. The highest BCUT2D eigenvalue weighted by molar-refractivity contribution is 5.69. The number of hydrogen-bond acceptors (Lipinski definition) is 15. The van der Waals surface area contributed by atoms with Crippen LogP contribution in [0.5, 0.6) is 0 Å². The number of alkyl carbamates (subject to hydrolysis) is 1. The van der Waals surface area contributed by atoms with Gasteiger partial charge in [-0.3, -0.25) is 9.69 Å². The van der Waals surface area contributed by atoms with Gasteiger partial charge in [-0.2, -0.15) is 0 Å². The molecular formula is C42H60N2O14. The van der Waals surface area contributed by atoms with Crippen molar-refractivity contribution in [2.24, 2.45) is 0 Å². The molecule has 0 unspecified atom stereocenters. The number of hydrogen-bond donors (Lipinski definition) is 11. The summed E-state index contributed by atoms with van der Waals surface area (Å²) in [4.78, 5) is 25.7. The van der Waals surface area contributed by atoms with Gasteiger partial charge in [-0.1, -0.05) is 78.9 Å². The third-order valence-corrected chi connectivity index (χ3v) is 9.66. The zero-order chi connectivity index (χ0) is 42.5. The number of unbranched alkanes of at least 4 members (excludes halogenated alkanes) is 1. The zero-order valence-electron chi connectivity index (χ0n) is 32.6. The highest BCUT2D eigenvalue weighted by Gasteiger charge is 2.34. The molecule has 0 aliphatic rings. The topological polar surface area (TPSA) is 270 Å². The Kier molecular flexibility index (Phi) is 21.8. The molecule has 1 amide bonds. The van der Waals surface area contributed by atoms with Crippen LogP contribution in [0, 0.1) is 0 Å². The molecule has 3 rings (SSSR count). The summed E-state index contributed by atoms with van der Waals surface area (Å²) in [5, 5.41) is 102. The fraction of sp³-hybridized carbons (Fsp3) is 0.524. The molecule has 0 saturated heterocycles. The van der Waals surface area contributed by atoms with Gasteiger partial charge in [0, 0.05) is 26.2 Å². The number of nitrogens with zero attached hydrogens (tertiary/aromatic N) is 1. The van der Waals surface area contributed by atoms with Crippen LogP contribution in [-0.2, 0) is 33.7 Å². The first-order valence-corrected chi connectivity index (χ1v) is 19.5. The van der Waals surface area contributed by atoms with Crippen LogP contribution in [0.2, 0.25) is 0 Å². The van der Waals surface area contributed by atoms with Crippen molar-refractivity contribution in [2.45, 2.75) is 94.0 Å². The number of carbonyl (C=O) groups is 2. The van der Waals surface area contributed by atoms with Crippen LogP contribution in [0.15, 0.2) is 78.9 Å². The van der Waals surface area contributed by atoms with E-state index in [0.29, 0.717) is 19.4 Å². The minimum atomic E-state index is -1.93. The SMILES string of the molecule is O=C(CCN(C[C@H](O)[C@@H](O)[C@H](O)[C@H](O)CO)C[C@H](O)[C@@H](O)[C@H](O)[C@H](O)CO)OCCCc1ccc(-c2ccc(CCCCNC(=O)OCc3ccccc3)cc2)cc1. The number of carbonyl (C=O) groups excluding carboxylic acids is 2. The second kappa shape index (κ2) is 26.1. The van der Waals surface area contributed by atoms with Crippen molar-refractivity contribution in [1.29, 1.82) is 0 Å². The van der Waals surface area contributed by atoms with Crippen LogP contribution in [0.1, 0.15) is 42.4 Å². The number of aliphatic hydroxyl groups excluding tert-OH is 10. The van der Waals surface area contributed by atoms with Crippen molar-refractivity contribution in [3.05, 3.63) is 95.6 Å². The number of aliphatic hydroxyl groups is 10. The van der Waals surface area contributed by atoms with E-state index in [1.54, 1.807) is 0 Å². The quantitative estimate of drug-likeness (QED) is 0.0347. The van der Waals surface area contributed by atoms with E-state index in [1.165, 1.54) is 10.5 Å². The Morgan fingerprint density at radius 3 is 1.55 bits per heavy atom. The van der Waals surface area contributed by atoms with Crippen LogP contribution >= 0.6 is 0 Å². The van der Waals surface area contributed by atoms with Gasteiger partial charge in [-0.05, 0) is 59.9 Å². The summed E-state index contributed by atoms with van der Waals surface area (Å²) in [6.07, 6.45) is -11.6. The molecular weight excluding hydrogens is 756 g/mol. The Morgan fingerprint density at radius 2 is 1.05 bits per heavy atom. The van der Waals surface area contributed by atoms with Crippen molar-refractivity contribution < 1.29 is 70.1 Å². The maximum atomic E-state index is 12.6. The number of nitrogens with one attached hydrogen (secondary N) is 1. The number of benzene rings is 3. The van der Waals surface area contributed by atoms with E-state index in [4.69, 9.17) is 19.7 Å². The zero-order valence-corrected chi connectivity index (χ0v) is 32.6. The number of aryl methyl sites for hydroxylation is 2. The molecule has 0 heterocycles. The minimum absolute atomic E-state index is 0.107. The van der Waals surface area contributed by atoms with E-state index in [9.17, 15) is 50.4 Å². The summed E-state index contributed by atoms with van der Waals surface area (Å²) in [7, 11) is 0. The highest BCUT2D eigenvalue weighted by Crippen LogP contribution is 2.22. The number of rotatable bonds is 27. The van der Waals surface area contributed by atoms with E-state index < -0.39 is 87.2 Å². The molecule has 0 aliphatic heterocycles. The van der Waals surface area contributed by atoms with Crippen molar-refractivity contribution in [3.8, 4) is 11.1 Å². The fourth-order valence-electron chi connectivity index (χ4n) is 6.06. The number of ether oxygens (including phenoxy) is 2. The summed E-state index contributed by atoms with van der Waals surface area (Å²) in [6.45, 7) is -2.04. The summed E-state index contributed by atoms with van der Waals surface area (Å²) < 4.78 is 10.6. The van der Waals surface area contributed by atoms with Gasteiger partial charge in [0.2, 0.25) is 0 Å². The molecule has 16 nitrogen and oxygen atoms in total. The largest absolute Gasteiger partial charge is 0.466 e. The Bertz CT molecular complexity index is 1550. The van der Waals surface area contributed by atoms with Gasteiger partial charge < -0.3 is 65.9 Å². The van der Waals surface area contributed by atoms with Gasteiger partial charge in [0.25, 0.3) is 0 Å². The number of amides is 1. The highest BCUT2D eigenvalue weighted by atomic mass is 16.5. The van der Waals surface area contributed by atoms with Gasteiger partial charge in [-0.15, -0.1) is 0 Å². The lowest BCUT2D eigenvalue weighted by atomic mass is 10.00. The Balaban J connectivity index is 1.39. The first kappa shape index (κ1) is 48.3. The standard InChI is InChI=1S/C42H60N2O14/c45-25-35(49)40(54)38(52)33(47)23-44(24-34(48)39(53)41(55)36(50)26-46)21-19-37(51)57-22-6-10-29-13-17-32(18-14-29)31-15-11-28(12-16-31)7-4-5-20-43-42(56)58-27-30-8-2-1-3-9-30/h1-3,8-9,11-18,33-36,38-41,45-50,52-55H,4-7,10,19-27H2,(H,43,56)/t33-,34-,35+,36+,38+,39+,40+,41+/m0/s1. The molecule has 322 valence electrons. The van der Waals surface area contributed by atoms with Gasteiger partial charge in [0.15, 0.2) is 0 Å². The molecule has 3 aromatic rings. The minimum Gasteiger partial charge on any atom is -0.466 e. The van der Waals surface area contributed by atoms with Gasteiger partial charge in [0.1, 0.15) is 43.2 Å². The Hall–Kier alpha value is -4.04. The first-order chi connectivity index (χ1) is 27.8. The third kappa shape index (κ3) is 17.1. The van der Waals surface area contributed by atoms with Crippen LogP contribution < -0.4 is 5.32 Å². The Labute approximate surface area is 338 Å². The van der Waals surface area contributed by atoms with Crippen LogP contribution in [0.3, 0.4) is 0 Å². The van der Waals surface area contributed by atoms with Crippen LogP contribution in [0.4, 0.5) is 4.79 Å². The maximum absolute atomic E-state index is 12.6. The molecule has 0 spiro atoms. The van der Waals surface area contributed by atoms with E-state index in [0.717, 1.165) is 41.5 Å². The smallest absolute Gasteiger partial charge is 0.407 e. The number of esters is 1. The molecule has 0 aromatic heterocycles. The Morgan fingerprint density at radius 1 is 0.569 bits per heavy atom. The second-order valence-corrected chi connectivity index (χ2v) is 14.3. The van der Waals surface area contributed by atoms with Crippen molar-refractivity contribution in [3.63, 3.8) is 0 Å². The monoisotopic (exact) mass is 816 g/mol. The van der Waals surface area contributed by atoms with Crippen molar-refractivity contribution >= 4 is 12.1 Å². The van der Waals surface area contributed by atoms with E-state index in [-0.39, 0.29) is 26.2 Å². The van der Waals surface area contributed by atoms with Gasteiger partial charge in [0.05, 0.1) is 38.4 Å². The lowest BCUT2D eigenvalue weighted by Gasteiger charge is -2.33. The van der Waals surface area contributed by atoms with Crippen LogP contribution in [-0.4, -0.2) is 163 Å². The maximum Gasteiger partial charge on any atom is 0.407 e. The first-order valence-electron chi connectivity index (χ1n) is 19.5.